The second-order valence-electron chi connectivity index (χ2n) is 10.4. The number of hydrogen-bond acceptors (Lipinski definition) is 5. The highest BCUT2D eigenvalue weighted by atomic mass is 16.7. The third-order valence-corrected chi connectivity index (χ3v) is 6.61. The van der Waals surface area contributed by atoms with Crippen LogP contribution < -0.4 is 0 Å². The molecule has 0 amide bonds. The van der Waals surface area contributed by atoms with E-state index >= 15 is 0 Å². The van der Waals surface area contributed by atoms with E-state index in [1.807, 2.05) is 0 Å². The van der Waals surface area contributed by atoms with Crippen molar-refractivity contribution in [2.45, 2.75) is 123 Å². The Balaban J connectivity index is 2.02. The molecule has 0 saturated carbocycles. The lowest BCUT2D eigenvalue weighted by molar-refractivity contribution is -0.270. The maximum absolute atomic E-state index is 9.88. The van der Waals surface area contributed by atoms with Crippen molar-refractivity contribution >= 4 is 0 Å². The number of aliphatic hydroxyl groups is 3. The van der Waals surface area contributed by atoms with Gasteiger partial charge < -0.3 is 24.8 Å². The Hall–Kier alpha value is -0.200. The van der Waals surface area contributed by atoms with Crippen LogP contribution in [0.15, 0.2) is 0 Å². The fraction of sp³-hybridized carbons (Fsp3) is 1.00. The number of rotatable bonds is 16. The molecule has 7 atom stereocenters. The minimum Gasteiger partial charge on any atom is -0.388 e. The van der Waals surface area contributed by atoms with Gasteiger partial charge in [0.1, 0.15) is 18.3 Å². The van der Waals surface area contributed by atoms with Crippen molar-refractivity contribution < 1.29 is 24.8 Å². The first-order chi connectivity index (χ1) is 14.2. The lowest BCUT2D eigenvalue weighted by Crippen LogP contribution is -2.53. The standard InChI is InChI=1S/C25H50O5/c1-18(2)9-6-10-19(3)11-7-12-20(4)13-8-14-21(5)15-16-29-25-24(28)23(27)22(26)17-30-25/h18-28H,6-17H2,1-5H3/t19?,20?,21?,22-,23+,24-,25+/m1/s1. The molecule has 1 aliphatic rings. The van der Waals surface area contributed by atoms with Gasteiger partial charge in [0.2, 0.25) is 0 Å². The third kappa shape index (κ3) is 12.0. The normalized spacial score (nSPS) is 27.9. The molecule has 3 unspecified atom stereocenters. The van der Waals surface area contributed by atoms with E-state index in [1.54, 1.807) is 0 Å². The van der Waals surface area contributed by atoms with Gasteiger partial charge in [-0.15, -0.1) is 0 Å². The molecule has 0 radical (unpaired) electrons. The van der Waals surface area contributed by atoms with Crippen molar-refractivity contribution in [2.75, 3.05) is 13.2 Å². The summed E-state index contributed by atoms with van der Waals surface area (Å²) in [4.78, 5) is 0. The predicted molar refractivity (Wildman–Crippen MR) is 122 cm³/mol. The van der Waals surface area contributed by atoms with Crippen molar-refractivity contribution in [1.29, 1.82) is 0 Å². The summed E-state index contributed by atoms with van der Waals surface area (Å²) < 4.78 is 10.9. The van der Waals surface area contributed by atoms with E-state index in [9.17, 15) is 15.3 Å². The zero-order valence-corrected chi connectivity index (χ0v) is 20.3. The van der Waals surface area contributed by atoms with Gasteiger partial charge in [0.15, 0.2) is 6.29 Å². The molecule has 30 heavy (non-hydrogen) atoms. The quantitative estimate of drug-likeness (QED) is 0.324. The summed E-state index contributed by atoms with van der Waals surface area (Å²) in [6.07, 6.45) is 8.56. The summed E-state index contributed by atoms with van der Waals surface area (Å²) in [6, 6.07) is 0. The van der Waals surface area contributed by atoms with Gasteiger partial charge >= 0.3 is 0 Å². The number of ether oxygens (including phenoxy) is 2. The van der Waals surface area contributed by atoms with E-state index in [2.05, 4.69) is 34.6 Å². The molecule has 0 aliphatic carbocycles. The minimum atomic E-state index is -1.20. The lowest BCUT2D eigenvalue weighted by atomic mass is 9.91. The van der Waals surface area contributed by atoms with Gasteiger partial charge in [-0.25, -0.2) is 0 Å². The molecule has 0 spiro atoms. The summed E-state index contributed by atoms with van der Waals surface area (Å²) in [5.74, 6) is 3.07. The van der Waals surface area contributed by atoms with E-state index in [-0.39, 0.29) is 6.61 Å². The average Bonchev–Trinajstić information content (AvgIpc) is 2.67. The van der Waals surface area contributed by atoms with Crippen LogP contribution in [0.5, 0.6) is 0 Å². The van der Waals surface area contributed by atoms with Crippen molar-refractivity contribution in [2.24, 2.45) is 23.7 Å². The van der Waals surface area contributed by atoms with E-state index < -0.39 is 24.6 Å². The van der Waals surface area contributed by atoms with Gasteiger partial charge in [0.05, 0.1) is 13.2 Å². The molecule has 1 rings (SSSR count). The van der Waals surface area contributed by atoms with Crippen LogP contribution >= 0.6 is 0 Å². The summed E-state index contributed by atoms with van der Waals surface area (Å²) >= 11 is 0. The highest BCUT2D eigenvalue weighted by molar-refractivity contribution is 4.82. The second-order valence-corrected chi connectivity index (χ2v) is 10.4. The molecule has 0 bridgehead atoms. The van der Waals surface area contributed by atoms with Crippen LogP contribution in [-0.2, 0) is 9.47 Å². The first-order valence-electron chi connectivity index (χ1n) is 12.5. The molecule has 5 heteroatoms. The van der Waals surface area contributed by atoms with Gasteiger partial charge in [0.25, 0.3) is 0 Å². The summed E-state index contributed by atoms with van der Waals surface area (Å²) in [6.45, 7) is 12.2. The molecule has 5 nitrogen and oxygen atoms in total. The lowest BCUT2D eigenvalue weighted by Gasteiger charge is -2.35. The van der Waals surface area contributed by atoms with Crippen LogP contribution in [0.1, 0.15) is 98.8 Å². The maximum atomic E-state index is 9.88. The van der Waals surface area contributed by atoms with Gasteiger partial charge in [-0.05, 0) is 30.1 Å². The van der Waals surface area contributed by atoms with Crippen molar-refractivity contribution in [3.8, 4) is 0 Å². The van der Waals surface area contributed by atoms with Gasteiger partial charge in [0, 0.05) is 0 Å². The molecule has 3 N–H and O–H groups in total. The Kier molecular flexibility index (Phi) is 14.5. The van der Waals surface area contributed by atoms with Crippen LogP contribution in [0.25, 0.3) is 0 Å². The third-order valence-electron chi connectivity index (χ3n) is 6.61. The Morgan fingerprint density at radius 2 is 1.17 bits per heavy atom. The highest BCUT2D eigenvalue weighted by Gasteiger charge is 2.38. The minimum absolute atomic E-state index is 0.00689. The average molecular weight is 431 g/mol. The molecule has 1 heterocycles. The Bertz CT molecular complexity index is 416. The van der Waals surface area contributed by atoms with Gasteiger partial charge in [-0.3, -0.25) is 0 Å². The van der Waals surface area contributed by atoms with E-state index in [0.29, 0.717) is 12.5 Å². The Labute approximate surface area is 185 Å². The Morgan fingerprint density at radius 3 is 1.67 bits per heavy atom. The Morgan fingerprint density at radius 1 is 0.700 bits per heavy atom. The van der Waals surface area contributed by atoms with E-state index in [4.69, 9.17) is 9.47 Å². The first kappa shape index (κ1) is 27.8. The van der Waals surface area contributed by atoms with Crippen LogP contribution in [0.3, 0.4) is 0 Å². The summed E-state index contributed by atoms with van der Waals surface area (Å²) in [5.41, 5.74) is 0. The monoisotopic (exact) mass is 430 g/mol. The fourth-order valence-corrected chi connectivity index (χ4v) is 4.25. The van der Waals surface area contributed by atoms with Gasteiger partial charge in [-0.2, -0.15) is 0 Å². The van der Waals surface area contributed by atoms with Crippen molar-refractivity contribution in [3.63, 3.8) is 0 Å². The van der Waals surface area contributed by atoms with Crippen LogP contribution in [0.4, 0.5) is 0 Å². The zero-order chi connectivity index (χ0) is 22.5. The molecule has 1 aliphatic heterocycles. The molecule has 1 saturated heterocycles. The fourth-order valence-electron chi connectivity index (χ4n) is 4.25. The van der Waals surface area contributed by atoms with Gasteiger partial charge in [-0.1, -0.05) is 92.4 Å². The summed E-state index contributed by atoms with van der Waals surface area (Å²) in [5, 5.41) is 29.0. The topological polar surface area (TPSA) is 79.2 Å². The molecular formula is C25H50O5. The van der Waals surface area contributed by atoms with E-state index in [0.717, 1.165) is 24.2 Å². The first-order valence-corrected chi connectivity index (χ1v) is 12.5. The maximum Gasteiger partial charge on any atom is 0.186 e. The zero-order valence-electron chi connectivity index (χ0n) is 20.3. The number of aliphatic hydroxyl groups excluding tert-OH is 3. The number of hydrogen-bond donors (Lipinski definition) is 3. The molecular weight excluding hydrogens is 380 g/mol. The molecule has 180 valence electrons. The predicted octanol–water partition coefficient (Wildman–Crippen LogP) is 4.91. The molecule has 1 fully saturated rings. The highest BCUT2D eigenvalue weighted by Crippen LogP contribution is 2.23. The molecule has 0 aromatic rings. The summed E-state index contributed by atoms with van der Waals surface area (Å²) in [7, 11) is 0. The second kappa shape index (κ2) is 15.6. The molecule has 0 aromatic heterocycles. The van der Waals surface area contributed by atoms with Crippen LogP contribution in [0.2, 0.25) is 0 Å². The van der Waals surface area contributed by atoms with Crippen LogP contribution in [-0.4, -0.2) is 53.1 Å². The SMILES string of the molecule is CC(C)CCCC(C)CCCC(C)CCCC(C)CCO[C@H]1OC[C@@H](O)[C@H](O)[C@H]1O. The van der Waals surface area contributed by atoms with E-state index in [1.165, 1.54) is 57.8 Å². The molecule has 0 aromatic carbocycles. The van der Waals surface area contributed by atoms with Crippen molar-refractivity contribution in [1.82, 2.24) is 0 Å². The van der Waals surface area contributed by atoms with Crippen molar-refractivity contribution in [3.05, 3.63) is 0 Å². The van der Waals surface area contributed by atoms with Crippen LogP contribution in [0, 0.1) is 23.7 Å². The largest absolute Gasteiger partial charge is 0.388 e. The smallest absolute Gasteiger partial charge is 0.186 e.